The third kappa shape index (κ3) is 5.41. The van der Waals surface area contributed by atoms with Gasteiger partial charge in [-0.1, -0.05) is 24.6 Å². The number of hydrogen-bond acceptors (Lipinski definition) is 4. The van der Waals surface area contributed by atoms with E-state index >= 15 is 0 Å². The number of carbonyl (C=O) groups is 1. The van der Waals surface area contributed by atoms with E-state index in [1.165, 1.54) is 6.42 Å². The Hall–Kier alpha value is -3.38. The lowest BCUT2D eigenvalue weighted by Gasteiger charge is -2.29. The van der Waals surface area contributed by atoms with Crippen molar-refractivity contribution in [2.24, 2.45) is 5.92 Å². The molecule has 1 aliphatic heterocycles. The molecule has 1 unspecified atom stereocenters. The summed E-state index contributed by atoms with van der Waals surface area (Å²) < 4.78 is 13.8. The van der Waals surface area contributed by atoms with Crippen LogP contribution in [-0.2, 0) is 22.5 Å². The van der Waals surface area contributed by atoms with Crippen molar-refractivity contribution in [3.63, 3.8) is 0 Å². The summed E-state index contributed by atoms with van der Waals surface area (Å²) in [6.45, 7) is 8.96. The van der Waals surface area contributed by atoms with E-state index in [0.29, 0.717) is 24.6 Å². The van der Waals surface area contributed by atoms with Crippen molar-refractivity contribution < 1.29 is 19.4 Å². The molecule has 1 atom stereocenters. The maximum Gasteiger partial charge on any atom is 0.337 e. The molecule has 5 rings (SSSR count). The summed E-state index contributed by atoms with van der Waals surface area (Å²) in [5, 5.41) is 10.4. The molecule has 3 aromatic rings. The number of fused-ring (bicyclic) bond motifs is 1. The Morgan fingerprint density at radius 2 is 1.87 bits per heavy atom. The summed E-state index contributed by atoms with van der Waals surface area (Å²) in [5.41, 5.74) is 5.43. The molecule has 0 radical (unpaired) electrons. The van der Waals surface area contributed by atoms with Crippen LogP contribution >= 0.6 is 0 Å². The second kappa shape index (κ2) is 10.4. The minimum absolute atomic E-state index is 0.0139. The summed E-state index contributed by atoms with van der Waals surface area (Å²) >= 11 is 0. The molecule has 2 aromatic carbocycles. The quantitative estimate of drug-likeness (QED) is 0.386. The number of pyridine rings is 1. The summed E-state index contributed by atoms with van der Waals surface area (Å²) in [5.74, 6) is 0.386. The summed E-state index contributed by atoms with van der Waals surface area (Å²) in [7, 11) is 0. The number of carboxylic acids is 1. The van der Waals surface area contributed by atoms with Crippen LogP contribution < -0.4 is 10.3 Å². The Balaban J connectivity index is 1.73. The van der Waals surface area contributed by atoms with Crippen LogP contribution in [0.4, 0.5) is 0 Å². The maximum absolute atomic E-state index is 12.7. The van der Waals surface area contributed by atoms with Gasteiger partial charge in [0.05, 0.1) is 12.2 Å². The zero-order chi connectivity index (χ0) is 27.0. The van der Waals surface area contributed by atoms with E-state index in [1.807, 2.05) is 68.8 Å². The van der Waals surface area contributed by atoms with E-state index in [0.717, 1.165) is 64.8 Å². The van der Waals surface area contributed by atoms with Crippen molar-refractivity contribution in [2.75, 3.05) is 6.61 Å². The molecule has 0 amide bonds. The maximum atomic E-state index is 12.7. The molecule has 1 fully saturated rings. The summed E-state index contributed by atoms with van der Waals surface area (Å²) in [4.78, 5) is 25.4. The van der Waals surface area contributed by atoms with E-state index in [4.69, 9.17) is 9.47 Å². The third-order valence-corrected chi connectivity index (χ3v) is 7.59. The lowest BCUT2D eigenvalue weighted by molar-refractivity contribution is -0.160. The van der Waals surface area contributed by atoms with Gasteiger partial charge >= 0.3 is 5.97 Å². The fraction of sp³-hybridized carbons (Fsp3) is 0.438. The number of ether oxygens (including phenoxy) is 2. The minimum atomic E-state index is -1.15. The van der Waals surface area contributed by atoms with Crippen molar-refractivity contribution in [1.82, 2.24) is 4.57 Å². The Morgan fingerprint density at radius 3 is 2.55 bits per heavy atom. The van der Waals surface area contributed by atoms with E-state index in [-0.39, 0.29) is 5.56 Å². The standard InChI is InChI=1S/C32H37NO5/c1-20-10-13-25(24-12-15-27(34)33(19-24)18-21-7-5-8-21)29(28(20)30(31(35)36)38-32(2,3)4)23-11-14-26-22(17-23)9-6-16-37-26/h10-15,17,19,21,30H,5-9,16,18H2,1-4H3,(H,35,36). The lowest BCUT2D eigenvalue weighted by Crippen LogP contribution is -2.28. The highest BCUT2D eigenvalue weighted by molar-refractivity contribution is 5.90. The van der Waals surface area contributed by atoms with Crippen molar-refractivity contribution >= 4 is 5.97 Å². The zero-order valence-corrected chi connectivity index (χ0v) is 22.8. The Morgan fingerprint density at radius 1 is 1.11 bits per heavy atom. The van der Waals surface area contributed by atoms with Gasteiger partial charge in [0, 0.05) is 24.4 Å². The van der Waals surface area contributed by atoms with Gasteiger partial charge in [0.1, 0.15) is 5.75 Å². The number of nitrogens with zero attached hydrogens (tertiary/aromatic N) is 1. The highest BCUT2D eigenvalue weighted by Crippen LogP contribution is 2.43. The van der Waals surface area contributed by atoms with E-state index in [2.05, 4.69) is 6.07 Å². The first-order chi connectivity index (χ1) is 18.1. The van der Waals surface area contributed by atoms with E-state index < -0.39 is 17.7 Å². The number of aryl methyl sites for hydroxylation is 2. The number of carboxylic acid groups (broad SMARTS) is 1. The molecule has 0 saturated heterocycles. The Labute approximate surface area is 224 Å². The van der Waals surface area contributed by atoms with Gasteiger partial charge in [0.2, 0.25) is 0 Å². The fourth-order valence-electron chi connectivity index (χ4n) is 5.50. The zero-order valence-electron chi connectivity index (χ0n) is 22.8. The number of aromatic nitrogens is 1. The number of hydrogen-bond donors (Lipinski definition) is 1. The average molecular weight is 516 g/mol. The largest absolute Gasteiger partial charge is 0.493 e. The van der Waals surface area contributed by atoms with Gasteiger partial charge in [-0.2, -0.15) is 0 Å². The van der Waals surface area contributed by atoms with Crippen LogP contribution in [0.3, 0.4) is 0 Å². The molecule has 1 aromatic heterocycles. The Bertz CT molecular complexity index is 1410. The molecular formula is C32H37NO5. The predicted molar refractivity (Wildman–Crippen MR) is 149 cm³/mol. The van der Waals surface area contributed by atoms with Crippen molar-refractivity contribution in [2.45, 2.75) is 78.0 Å². The first-order valence-electron chi connectivity index (χ1n) is 13.6. The first kappa shape index (κ1) is 26.2. The van der Waals surface area contributed by atoms with Crippen molar-refractivity contribution in [1.29, 1.82) is 0 Å². The van der Waals surface area contributed by atoms with E-state index in [1.54, 1.807) is 6.07 Å². The van der Waals surface area contributed by atoms with Gasteiger partial charge in [0.15, 0.2) is 6.10 Å². The van der Waals surface area contributed by atoms with Gasteiger partial charge in [-0.3, -0.25) is 4.79 Å². The van der Waals surface area contributed by atoms with E-state index in [9.17, 15) is 14.7 Å². The van der Waals surface area contributed by atoms with Crippen LogP contribution in [0.5, 0.6) is 5.75 Å². The molecule has 1 saturated carbocycles. The van der Waals surface area contributed by atoms with Crippen LogP contribution in [0.25, 0.3) is 22.3 Å². The fourth-order valence-corrected chi connectivity index (χ4v) is 5.50. The molecule has 1 N–H and O–H groups in total. The monoisotopic (exact) mass is 515 g/mol. The highest BCUT2D eigenvalue weighted by Gasteiger charge is 2.32. The predicted octanol–water partition coefficient (Wildman–Crippen LogP) is 6.56. The van der Waals surface area contributed by atoms with Crippen molar-refractivity contribution in [3.8, 4) is 28.0 Å². The van der Waals surface area contributed by atoms with Gasteiger partial charge in [-0.15, -0.1) is 0 Å². The smallest absolute Gasteiger partial charge is 0.337 e. The summed E-state index contributed by atoms with van der Waals surface area (Å²) in [6.07, 6.45) is 6.15. The molecule has 0 bridgehead atoms. The van der Waals surface area contributed by atoms with Gasteiger partial charge in [-0.05, 0) is 111 Å². The summed E-state index contributed by atoms with van der Waals surface area (Å²) in [6, 6.07) is 13.6. The lowest BCUT2D eigenvalue weighted by atomic mass is 9.84. The first-order valence-corrected chi connectivity index (χ1v) is 13.6. The second-order valence-electron chi connectivity index (χ2n) is 11.6. The third-order valence-electron chi connectivity index (χ3n) is 7.59. The molecule has 2 heterocycles. The second-order valence-corrected chi connectivity index (χ2v) is 11.6. The van der Waals surface area contributed by atoms with Crippen LogP contribution in [0.1, 0.15) is 69.2 Å². The number of rotatable bonds is 7. The number of aliphatic carboxylic acids is 1. The average Bonchev–Trinajstić information content (AvgIpc) is 2.85. The molecule has 1 aliphatic carbocycles. The molecular weight excluding hydrogens is 478 g/mol. The number of benzene rings is 2. The van der Waals surface area contributed by atoms with Crippen LogP contribution in [-0.4, -0.2) is 27.9 Å². The molecule has 6 nitrogen and oxygen atoms in total. The van der Waals surface area contributed by atoms with Crippen LogP contribution in [0.2, 0.25) is 0 Å². The van der Waals surface area contributed by atoms with Crippen LogP contribution in [0.15, 0.2) is 53.5 Å². The minimum Gasteiger partial charge on any atom is -0.493 e. The SMILES string of the molecule is Cc1ccc(-c2ccc(=O)n(CC3CCC3)c2)c(-c2ccc3c(c2)CCCO3)c1C(OC(C)(C)C)C(=O)O. The van der Waals surface area contributed by atoms with Crippen LogP contribution in [0, 0.1) is 12.8 Å². The van der Waals surface area contributed by atoms with Gasteiger partial charge < -0.3 is 19.1 Å². The van der Waals surface area contributed by atoms with Gasteiger partial charge in [0.25, 0.3) is 5.56 Å². The molecule has 0 spiro atoms. The molecule has 2 aliphatic rings. The van der Waals surface area contributed by atoms with Crippen molar-refractivity contribution in [3.05, 3.63) is 75.7 Å². The Kier molecular flexibility index (Phi) is 7.19. The molecule has 38 heavy (non-hydrogen) atoms. The topological polar surface area (TPSA) is 77.8 Å². The van der Waals surface area contributed by atoms with Gasteiger partial charge in [-0.25, -0.2) is 4.79 Å². The molecule has 6 heteroatoms. The normalized spacial score (nSPS) is 16.3. The molecule has 200 valence electrons. The highest BCUT2D eigenvalue weighted by atomic mass is 16.5.